The second kappa shape index (κ2) is 14.0. The molecule has 226 valence electrons. The van der Waals surface area contributed by atoms with E-state index < -0.39 is 0 Å². The van der Waals surface area contributed by atoms with E-state index in [1.807, 2.05) is 23.5 Å². The molecule has 0 aliphatic rings. The molecule has 0 radical (unpaired) electrons. The van der Waals surface area contributed by atoms with Crippen molar-refractivity contribution < 1.29 is 0 Å². The first-order chi connectivity index (χ1) is 21.4. The van der Waals surface area contributed by atoms with Crippen molar-refractivity contribution in [1.29, 1.82) is 0 Å². The van der Waals surface area contributed by atoms with Crippen molar-refractivity contribution in [2.24, 2.45) is 0 Å². The van der Waals surface area contributed by atoms with Gasteiger partial charge in [0.15, 0.2) is 0 Å². The molecule has 6 rings (SSSR count). The smallest absolute Gasteiger partial charge is 0.138 e. The molecule has 6 nitrogen and oxygen atoms in total. The third kappa shape index (κ3) is 7.56. The fourth-order valence-corrected chi connectivity index (χ4v) is 6.88. The van der Waals surface area contributed by atoms with Crippen molar-refractivity contribution in [2.75, 3.05) is 52.8 Å². The second-order valence-corrected chi connectivity index (χ2v) is 14.0. The Morgan fingerprint density at radius 2 is 0.909 bits per heavy atom. The topological polar surface area (TPSA) is 63.8 Å². The molecule has 4 aromatic carbocycles. The summed E-state index contributed by atoms with van der Waals surface area (Å²) in [4.78, 5) is 24.0. The highest BCUT2D eigenvalue weighted by atomic mass is 32.2. The van der Waals surface area contributed by atoms with Crippen LogP contribution in [0.4, 0.5) is 0 Å². The highest BCUT2D eigenvalue weighted by molar-refractivity contribution is 7.99. The van der Waals surface area contributed by atoms with Crippen molar-refractivity contribution in [2.45, 2.75) is 22.6 Å². The number of fused-ring (bicyclic) bond motifs is 2. The summed E-state index contributed by atoms with van der Waals surface area (Å²) >= 11 is 3.82. The molecule has 0 fully saturated rings. The van der Waals surface area contributed by atoms with Gasteiger partial charge in [0.2, 0.25) is 0 Å². The third-order valence-electron chi connectivity index (χ3n) is 7.59. The number of imidazole rings is 2. The summed E-state index contributed by atoms with van der Waals surface area (Å²) in [5.41, 5.74) is 8.44. The van der Waals surface area contributed by atoms with Crippen LogP contribution in [0.15, 0.2) is 94.7 Å². The maximum atomic E-state index is 4.94. The normalized spacial score (nSPS) is 11.9. The van der Waals surface area contributed by atoms with Gasteiger partial charge >= 0.3 is 0 Å². The molecular weight excluding hydrogens is 581 g/mol. The molecule has 0 aliphatic carbocycles. The van der Waals surface area contributed by atoms with Gasteiger partial charge in [0.05, 0.1) is 22.1 Å². The summed E-state index contributed by atoms with van der Waals surface area (Å²) in [6.45, 7) is 2.24. The van der Waals surface area contributed by atoms with Crippen LogP contribution in [0.25, 0.3) is 56.0 Å². The minimum absolute atomic E-state index is 0.895. The summed E-state index contributed by atoms with van der Waals surface area (Å²) in [5, 5.41) is 0. The molecule has 0 unspecified atom stereocenters. The maximum Gasteiger partial charge on any atom is 0.138 e. The zero-order chi connectivity index (χ0) is 30.5. The van der Waals surface area contributed by atoms with Crippen LogP contribution in [0.3, 0.4) is 0 Å². The second-order valence-electron chi connectivity index (χ2n) is 11.7. The molecule has 0 amide bonds. The molecule has 0 bridgehead atoms. The Morgan fingerprint density at radius 3 is 1.30 bits per heavy atom. The van der Waals surface area contributed by atoms with Gasteiger partial charge < -0.3 is 19.8 Å². The zero-order valence-electron chi connectivity index (χ0n) is 25.9. The third-order valence-corrected chi connectivity index (χ3v) is 9.79. The van der Waals surface area contributed by atoms with Gasteiger partial charge in [0.25, 0.3) is 0 Å². The summed E-state index contributed by atoms with van der Waals surface area (Å²) in [5.74, 6) is 4.04. The van der Waals surface area contributed by atoms with Crippen molar-refractivity contribution in [3.05, 3.63) is 84.9 Å². The largest absolute Gasteiger partial charge is 0.338 e. The molecule has 8 heteroatoms. The number of rotatable bonds is 13. The number of hydrogen-bond acceptors (Lipinski definition) is 6. The minimum atomic E-state index is 0.895. The van der Waals surface area contributed by atoms with Crippen LogP contribution in [0.2, 0.25) is 0 Å². The van der Waals surface area contributed by atoms with E-state index >= 15 is 0 Å². The Balaban J connectivity index is 1.14. The molecule has 2 N–H and O–H groups in total. The molecule has 0 aliphatic heterocycles. The molecule has 44 heavy (non-hydrogen) atoms. The quantitative estimate of drug-likeness (QED) is 0.0997. The highest BCUT2D eigenvalue weighted by Crippen LogP contribution is 2.30. The fourth-order valence-electron chi connectivity index (χ4n) is 5.20. The lowest BCUT2D eigenvalue weighted by atomic mass is 10.0. The Kier molecular flexibility index (Phi) is 9.72. The van der Waals surface area contributed by atoms with E-state index in [0.717, 1.165) is 80.6 Å². The van der Waals surface area contributed by atoms with Crippen LogP contribution in [-0.2, 0) is 0 Å². The van der Waals surface area contributed by atoms with Gasteiger partial charge in [0, 0.05) is 20.9 Å². The lowest BCUT2D eigenvalue weighted by Crippen LogP contribution is -2.13. The molecule has 2 heterocycles. The monoisotopic (exact) mass is 620 g/mol. The van der Waals surface area contributed by atoms with Crippen LogP contribution < -0.4 is 0 Å². The van der Waals surface area contributed by atoms with Gasteiger partial charge in [0.1, 0.15) is 11.6 Å². The van der Waals surface area contributed by atoms with Gasteiger partial charge in [-0.2, -0.15) is 0 Å². The predicted octanol–water partition coefficient (Wildman–Crippen LogP) is 8.53. The number of nitrogens with one attached hydrogen (secondary N) is 2. The van der Waals surface area contributed by atoms with Crippen LogP contribution in [0.5, 0.6) is 0 Å². The first-order valence-corrected chi connectivity index (χ1v) is 17.1. The van der Waals surface area contributed by atoms with Crippen molar-refractivity contribution in [1.82, 2.24) is 29.7 Å². The van der Waals surface area contributed by atoms with Gasteiger partial charge in [-0.05, 0) is 125 Å². The molecule has 2 aromatic heterocycles. The van der Waals surface area contributed by atoms with E-state index in [0.29, 0.717) is 0 Å². The number of hydrogen-bond donors (Lipinski definition) is 2. The number of benzene rings is 4. The first kappa shape index (κ1) is 30.5. The molecule has 0 spiro atoms. The zero-order valence-corrected chi connectivity index (χ0v) is 27.6. The molecule has 0 atom stereocenters. The van der Waals surface area contributed by atoms with Crippen LogP contribution in [-0.4, -0.2) is 82.5 Å². The number of H-pyrrole nitrogens is 2. The average molecular weight is 621 g/mol. The first-order valence-electron chi connectivity index (χ1n) is 15.2. The Bertz CT molecular complexity index is 1680. The van der Waals surface area contributed by atoms with Crippen LogP contribution >= 0.6 is 23.5 Å². The summed E-state index contributed by atoms with van der Waals surface area (Å²) in [7, 11) is 8.49. The lowest BCUT2D eigenvalue weighted by Gasteiger charge is -2.08. The van der Waals surface area contributed by atoms with Gasteiger partial charge in [-0.3, -0.25) is 0 Å². The molecule has 0 saturated carbocycles. The minimum Gasteiger partial charge on any atom is -0.338 e. The Hall–Kier alpha value is -3.56. The Labute approximate surface area is 268 Å². The highest BCUT2D eigenvalue weighted by Gasteiger charge is 2.11. The van der Waals surface area contributed by atoms with E-state index in [1.165, 1.54) is 22.6 Å². The van der Waals surface area contributed by atoms with Crippen molar-refractivity contribution in [3.63, 3.8) is 0 Å². The number of aromatic amines is 2. The standard InChI is InChI=1S/C36H40N6S2/c1-41(2)19-5-21-43-29-13-7-25(8-14-29)35-37-31-17-11-27(23-33(31)39-35)28-12-18-32-34(24-28)40-36(38-32)26-9-15-30(16-10-26)44-22-6-20-42(3)4/h7-18,23-24H,5-6,19-22H2,1-4H3,(H,37,39)(H,38,40). The SMILES string of the molecule is CN(C)CCCSc1ccc(-c2nc3cc(-c4ccc5[nH]c(-c6ccc(SCCCN(C)C)cc6)nc5c4)ccc3[nH]2)cc1. The predicted molar refractivity (Wildman–Crippen MR) is 190 cm³/mol. The lowest BCUT2D eigenvalue weighted by molar-refractivity contribution is 0.410. The fraction of sp³-hybridized carbons (Fsp3) is 0.278. The number of thioether (sulfide) groups is 2. The van der Waals surface area contributed by atoms with E-state index in [-0.39, 0.29) is 0 Å². The number of aromatic nitrogens is 4. The van der Waals surface area contributed by atoms with Crippen molar-refractivity contribution >= 4 is 45.6 Å². The summed E-state index contributed by atoms with van der Waals surface area (Å²) < 4.78 is 0. The molecule has 6 aromatic rings. The van der Waals surface area contributed by atoms with E-state index in [9.17, 15) is 0 Å². The van der Waals surface area contributed by atoms with Crippen LogP contribution in [0.1, 0.15) is 12.8 Å². The van der Waals surface area contributed by atoms with Gasteiger partial charge in [-0.25, -0.2) is 9.97 Å². The Morgan fingerprint density at radius 1 is 0.523 bits per heavy atom. The van der Waals surface area contributed by atoms with E-state index in [2.05, 4.69) is 133 Å². The average Bonchev–Trinajstić information content (AvgIpc) is 3.66. The molecule has 0 saturated heterocycles. The van der Waals surface area contributed by atoms with Gasteiger partial charge in [-0.1, -0.05) is 36.4 Å². The molecular formula is C36H40N6S2. The van der Waals surface area contributed by atoms with E-state index in [1.54, 1.807) is 0 Å². The maximum absolute atomic E-state index is 4.94. The van der Waals surface area contributed by atoms with E-state index in [4.69, 9.17) is 9.97 Å². The van der Waals surface area contributed by atoms with Crippen LogP contribution in [0, 0.1) is 0 Å². The summed E-state index contributed by atoms with van der Waals surface area (Å²) in [6.07, 6.45) is 2.37. The summed E-state index contributed by atoms with van der Waals surface area (Å²) in [6, 6.07) is 30.3. The van der Waals surface area contributed by atoms with Gasteiger partial charge in [-0.15, -0.1) is 23.5 Å². The van der Waals surface area contributed by atoms with Crippen molar-refractivity contribution in [3.8, 4) is 33.9 Å². The number of nitrogens with zero attached hydrogens (tertiary/aromatic N) is 4.